The zero-order valence-corrected chi connectivity index (χ0v) is 7.24. The Hall–Kier alpha value is -1.27. The minimum atomic E-state index is -2.74. The van der Waals surface area contributed by atoms with Gasteiger partial charge in [-0.2, -0.15) is 0 Å². The van der Waals surface area contributed by atoms with Gasteiger partial charge in [-0.3, -0.25) is 0 Å². The van der Waals surface area contributed by atoms with E-state index in [9.17, 15) is 13.9 Å². The lowest BCUT2D eigenvalue weighted by Crippen LogP contribution is -2.05. The van der Waals surface area contributed by atoms with Gasteiger partial charge in [0.15, 0.2) is 0 Å². The Bertz CT molecular complexity index is 306. The molecule has 0 atom stereocenters. The van der Waals surface area contributed by atoms with Crippen LogP contribution in [0.15, 0.2) is 6.07 Å². The monoisotopic (exact) mass is 204 g/mol. The maximum absolute atomic E-state index is 12.3. The van der Waals surface area contributed by atoms with E-state index in [1.54, 1.807) is 0 Å². The molecule has 0 unspecified atom stereocenters. The molecule has 1 heterocycles. The first-order valence-electron chi connectivity index (χ1n) is 3.90. The molecule has 14 heavy (non-hydrogen) atoms. The molecule has 1 aromatic heterocycles. The number of nitrogens with zero attached hydrogens (tertiary/aromatic N) is 1. The van der Waals surface area contributed by atoms with Crippen molar-refractivity contribution in [2.45, 2.75) is 19.6 Å². The third-order valence-corrected chi connectivity index (χ3v) is 1.75. The molecule has 0 aliphatic heterocycles. The molecule has 0 amide bonds. The van der Waals surface area contributed by atoms with Crippen LogP contribution in [0.1, 0.15) is 23.4 Å². The van der Waals surface area contributed by atoms with Gasteiger partial charge in [0.1, 0.15) is 11.4 Å². The van der Waals surface area contributed by atoms with Crippen LogP contribution < -0.4 is 5.73 Å². The molecule has 1 rings (SSSR count). The van der Waals surface area contributed by atoms with Crippen molar-refractivity contribution in [3.05, 3.63) is 23.0 Å². The molecule has 0 spiro atoms. The average Bonchev–Trinajstić information content (AvgIpc) is 2.17. The molecule has 4 nitrogen and oxygen atoms in total. The third kappa shape index (κ3) is 1.97. The predicted octanol–water partition coefficient (Wildman–Crippen LogP) is 0.676. The Morgan fingerprint density at radius 1 is 1.50 bits per heavy atom. The highest BCUT2D eigenvalue weighted by molar-refractivity contribution is 5.37. The summed E-state index contributed by atoms with van der Waals surface area (Å²) < 4.78 is 24.5. The normalized spacial score (nSPS) is 10.9. The number of aromatic nitrogens is 1. The van der Waals surface area contributed by atoms with E-state index in [2.05, 4.69) is 4.98 Å². The summed E-state index contributed by atoms with van der Waals surface area (Å²) in [4.78, 5) is 3.46. The van der Waals surface area contributed by atoms with Crippen LogP contribution >= 0.6 is 0 Å². The summed E-state index contributed by atoms with van der Waals surface area (Å²) >= 11 is 0. The van der Waals surface area contributed by atoms with Crippen LogP contribution in [0.4, 0.5) is 8.78 Å². The second kappa shape index (κ2) is 4.30. The number of hydrogen-bond acceptors (Lipinski definition) is 4. The first-order chi connectivity index (χ1) is 6.60. The van der Waals surface area contributed by atoms with E-state index in [1.807, 2.05) is 0 Å². The zero-order chi connectivity index (χ0) is 10.7. The maximum Gasteiger partial charge on any atom is 0.280 e. The summed E-state index contributed by atoms with van der Waals surface area (Å²) in [6, 6.07) is 0.958. The van der Waals surface area contributed by atoms with Crippen molar-refractivity contribution in [2.24, 2.45) is 5.73 Å². The molecule has 0 aliphatic carbocycles. The zero-order valence-electron chi connectivity index (χ0n) is 7.24. The molecule has 0 radical (unpaired) electrons. The molecule has 0 aromatic carbocycles. The number of hydrogen-bond donors (Lipinski definition) is 3. The summed E-state index contributed by atoms with van der Waals surface area (Å²) in [6.45, 7) is -0.680. The Labute approximate surface area is 79.0 Å². The van der Waals surface area contributed by atoms with Gasteiger partial charge < -0.3 is 15.9 Å². The van der Waals surface area contributed by atoms with E-state index in [0.717, 1.165) is 6.07 Å². The van der Waals surface area contributed by atoms with Crippen molar-refractivity contribution in [1.82, 2.24) is 4.98 Å². The second-order valence-corrected chi connectivity index (χ2v) is 2.66. The van der Waals surface area contributed by atoms with Crippen LogP contribution in [0.3, 0.4) is 0 Å². The predicted molar refractivity (Wildman–Crippen MR) is 44.7 cm³/mol. The SMILES string of the molecule is NCc1nc(C(F)F)cc(CO)c1O. The van der Waals surface area contributed by atoms with Crippen LogP contribution in [-0.2, 0) is 13.2 Å². The average molecular weight is 204 g/mol. The lowest BCUT2D eigenvalue weighted by Gasteiger charge is -2.08. The van der Waals surface area contributed by atoms with E-state index >= 15 is 0 Å². The van der Waals surface area contributed by atoms with Crippen molar-refractivity contribution in [3.63, 3.8) is 0 Å². The molecular formula is C8H10F2N2O2. The molecule has 0 bridgehead atoms. The standard InChI is InChI=1S/C8H10F2N2O2/c9-8(10)5-1-4(3-13)7(14)6(2-11)12-5/h1,8,13-14H,2-3,11H2. The molecule has 78 valence electrons. The molecule has 1 aromatic rings. The van der Waals surface area contributed by atoms with Gasteiger partial charge in [0.25, 0.3) is 6.43 Å². The Morgan fingerprint density at radius 2 is 2.14 bits per heavy atom. The lowest BCUT2D eigenvalue weighted by molar-refractivity contribution is 0.145. The fourth-order valence-corrected chi connectivity index (χ4v) is 1.05. The number of rotatable bonds is 3. The molecule has 0 aliphatic rings. The topological polar surface area (TPSA) is 79.4 Å². The van der Waals surface area contributed by atoms with Crippen molar-refractivity contribution in [2.75, 3.05) is 0 Å². The van der Waals surface area contributed by atoms with Crippen LogP contribution in [-0.4, -0.2) is 15.2 Å². The van der Waals surface area contributed by atoms with Crippen LogP contribution in [0.25, 0.3) is 0 Å². The van der Waals surface area contributed by atoms with Gasteiger partial charge in [-0.05, 0) is 6.07 Å². The highest BCUT2D eigenvalue weighted by atomic mass is 19.3. The minimum Gasteiger partial charge on any atom is -0.506 e. The van der Waals surface area contributed by atoms with Gasteiger partial charge in [0, 0.05) is 12.1 Å². The van der Waals surface area contributed by atoms with E-state index in [1.165, 1.54) is 0 Å². The number of halogens is 2. The summed E-state index contributed by atoms with van der Waals surface area (Å²) in [5.74, 6) is -0.320. The second-order valence-electron chi connectivity index (χ2n) is 2.66. The largest absolute Gasteiger partial charge is 0.506 e. The number of nitrogens with two attached hydrogens (primary N) is 1. The van der Waals surface area contributed by atoms with Crippen molar-refractivity contribution < 1.29 is 19.0 Å². The van der Waals surface area contributed by atoms with Gasteiger partial charge in [-0.25, -0.2) is 13.8 Å². The number of aliphatic hydroxyl groups excluding tert-OH is 1. The van der Waals surface area contributed by atoms with Crippen LogP contribution in [0, 0.1) is 0 Å². The van der Waals surface area contributed by atoms with Crippen molar-refractivity contribution in [1.29, 1.82) is 0 Å². The summed E-state index contributed by atoms with van der Waals surface area (Å²) in [7, 11) is 0. The molecule has 0 fully saturated rings. The summed E-state index contributed by atoms with van der Waals surface area (Å²) in [5.41, 5.74) is 4.68. The number of pyridine rings is 1. The Balaban J connectivity index is 3.25. The van der Waals surface area contributed by atoms with Crippen LogP contribution in [0.2, 0.25) is 0 Å². The fraction of sp³-hybridized carbons (Fsp3) is 0.375. The van der Waals surface area contributed by atoms with E-state index in [-0.39, 0.29) is 23.6 Å². The van der Waals surface area contributed by atoms with Gasteiger partial charge in [-0.15, -0.1) is 0 Å². The molecule has 6 heteroatoms. The molecule has 4 N–H and O–H groups in total. The number of alkyl halides is 2. The van der Waals surface area contributed by atoms with E-state index in [0.29, 0.717) is 0 Å². The summed E-state index contributed by atoms with van der Waals surface area (Å²) in [6.07, 6.45) is -2.74. The van der Waals surface area contributed by atoms with E-state index < -0.39 is 18.7 Å². The molecular weight excluding hydrogens is 194 g/mol. The quantitative estimate of drug-likeness (QED) is 0.676. The molecule has 0 saturated carbocycles. The van der Waals surface area contributed by atoms with Crippen LogP contribution in [0.5, 0.6) is 5.75 Å². The molecule has 0 saturated heterocycles. The van der Waals surface area contributed by atoms with Crippen molar-refractivity contribution in [3.8, 4) is 5.75 Å². The number of aliphatic hydroxyl groups is 1. The van der Waals surface area contributed by atoms with Crippen molar-refractivity contribution >= 4 is 0 Å². The lowest BCUT2D eigenvalue weighted by atomic mass is 10.1. The van der Waals surface area contributed by atoms with Gasteiger partial charge in [0.2, 0.25) is 0 Å². The maximum atomic E-state index is 12.3. The fourth-order valence-electron chi connectivity index (χ4n) is 1.05. The number of aromatic hydroxyl groups is 1. The first kappa shape index (κ1) is 10.8. The van der Waals surface area contributed by atoms with Gasteiger partial charge in [0.05, 0.1) is 12.3 Å². The highest BCUT2D eigenvalue weighted by Crippen LogP contribution is 2.26. The minimum absolute atomic E-state index is 0.00995. The summed E-state index contributed by atoms with van der Waals surface area (Å²) in [5, 5.41) is 18.1. The highest BCUT2D eigenvalue weighted by Gasteiger charge is 2.15. The third-order valence-electron chi connectivity index (χ3n) is 1.75. The smallest absolute Gasteiger partial charge is 0.280 e. The van der Waals surface area contributed by atoms with E-state index in [4.69, 9.17) is 10.8 Å². The Morgan fingerprint density at radius 3 is 2.57 bits per heavy atom. The Kier molecular flexibility index (Phi) is 3.32. The van der Waals surface area contributed by atoms with Gasteiger partial charge >= 0.3 is 0 Å². The first-order valence-corrected chi connectivity index (χ1v) is 3.90. The van der Waals surface area contributed by atoms with Gasteiger partial charge in [-0.1, -0.05) is 0 Å².